The number of aromatic nitrogens is 10. The molecule has 2 aliphatic rings. The first kappa shape index (κ1) is 57.8. The zero-order valence-electron chi connectivity index (χ0n) is 43.5. The first-order valence-corrected chi connectivity index (χ1v) is 25.7. The molecule has 2 saturated heterocycles. The lowest BCUT2D eigenvalue weighted by Crippen LogP contribution is -2.52. The van der Waals surface area contributed by atoms with Gasteiger partial charge in [0.15, 0.2) is 0 Å². The number of aliphatic carboxylic acids is 1. The number of piperazine rings is 2. The fourth-order valence-electron chi connectivity index (χ4n) is 8.95. The minimum atomic E-state index is -1.01. The summed E-state index contributed by atoms with van der Waals surface area (Å²) in [5.74, 6) is 2.76. The van der Waals surface area contributed by atoms with Crippen LogP contribution in [0.2, 0.25) is 0 Å². The van der Waals surface area contributed by atoms with Crippen molar-refractivity contribution in [2.45, 2.75) is 84.0 Å². The van der Waals surface area contributed by atoms with E-state index in [1.807, 2.05) is 52.8 Å². The fraction of sp³-hybridized carbons (Fsp3) is 0.600. The summed E-state index contributed by atoms with van der Waals surface area (Å²) in [6.45, 7) is 14.0. The molecule has 1 aromatic carbocycles. The summed E-state index contributed by atoms with van der Waals surface area (Å²) in [5.41, 5.74) is 16.0. The zero-order chi connectivity index (χ0) is 52.6. The Hall–Kier alpha value is -6.49. The highest BCUT2D eigenvalue weighted by Gasteiger charge is 2.34. The summed E-state index contributed by atoms with van der Waals surface area (Å²) in [4.78, 5) is 66.3. The molecular weight excluding hydrogens is 986 g/mol. The molecule has 0 spiro atoms. The predicted octanol–water partition coefficient (Wildman–Crippen LogP) is 3.03. The van der Waals surface area contributed by atoms with Crippen molar-refractivity contribution < 1.29 is 33.7 Å². The maximum Gasteiger partial charge on any atom is 0.303 e. The van der Waals surface area contributed by atoms with Crippen LogP contribution in [0.5, 0.6) is 0 Å². The Kier molecular flexibility index (Phi) is 21.9. The number of terminal acetylenes is 1. The average molecular weight is 1060 g/mol. The van der Waals surface area contributed by atoms with Crippen LogP contribution in [0.15, 0.2) is 42.7 Å². The topological polar surface area (TPSA) is 292 Å². The molecule has 408 valence electrons. The van der Waals surface area contributed by atoms with Crippen LogP contribution in [0.3, 0.4) is 0 Å². The van der Waals surface area contributed by atoms with Gasteiger partial charge in [-0.25, -0.2) is 9.36 Å². The summed E-state index contributed by atoms with van der Waals surface area (Å²) in [5, 5.41) is 31.3. The van der Waals surface area contributed by atoms with Crippen LogP contribution < -0.4 is 26.6 Å². The molecule has 7 N–H and O–H groups in total. The Morgan fingerprint density at radius 3 is 1.97 bits per heavy atom. The number of benzene rings is 1. The van der Waals surface area contributed by atoms with Gasteiger partial charge in [0.25, 0.3) is 0 Å². The third-order valence-electron chi connectivity index (χ3n) is 13.4. The third-order valence-corrected chi connectivity index (χ3v) is 13.4. The number of para-hydroxylation sites is 1. The van der Waals surface area contributed by atoms with Crippen LogP contribution in [-0.2, 0) is 35.0 Å². The van der Waals surface area contributed by atoms with E-state index >= 15 is 0 Å². The molecule has 25 heteroatoms. The van der Waals surface area contributed by atoms with Gasteiger partial charge < -0.3 is 60.7 Å². The Morgan fingerprint density at radius 1 is 0.800 bits per heavy atom. The number of anilines is 3. The molecule has 0 bridgehead atoms. The molecule has 0 aliphatic carbocycles. The van der Waals surface area contributed by atoms with E-state index in [0.29, 0.717) is 134 Å². The number of nitrogens with one attached hydrogen (secondary N) is 2. The van der Waals surface area contributed by atoms with Gasteiger partial charge >= 0.3 is 5.97 Å². The highest BCUT2D eigenvalue weighted by Crippen LogP contribution is 2.27. The lowest BCUT2D eigenvalue weighted by Gasteiger charge is -2.38. The molecule has 5 aromatic rings. The summed E-state index contributed by atoms with van der Waals surface area (Å²) in [6.07, 6.45) is 10.4. The molecule has 0 radical (unpaired) electrons. The summed E-state index contributed by atoms with van der Waals surface area (Å²) in [6, 6.07) is 7.85. The SMILES string of the molecule is C#CCOCCOCCOCCNc1nc(N2CCN(C(=O)[C@H](Cc3cc4ccccc4[nH]3)n3cc(C(N)CC(C)C)nn3)CC2)nc(N2CCN(C(=O)[C@H](CCC(=O)O)n3cc(C(N)[C@H](C)CC)nn3)CC2)n1.Cl. The van der Waals surface area contributed by atoms with Crippen molar-refractivity contribution in [3.63, 3.8) is 0 Å². The van der Waals surface area contributed by atoms with Crippen molar-refractivity contribution in [2.75, 3.05) is 114 Å². The second-order valence-electron chi connectivity index (χ2n) is 19.2. The number of hydrogen-bond acceptors (Lipinski definition) is 18. The maximum absolute atomic E-state index is 14.7. The molecule has 0 saturated carbocycles. The van der Waals surface area contributed by atoms with E-state index in [2.05, 4.69) is 56.8 Å². The largest absolute Gasteiger partial charge is 0.481 e. The molecular formula is C50H74ClN17O7. The highest BCUT2D eigenvalue weighted by molar-refractivity contribution is 5.85. The van der Waals surface area contributed by atoms with Gasteiger partial charge in [-0.2, -0.15) is 15.0 Å². The van der Waals surface area contributed by atoms with Crippen molar-refractivity contribution in [2.24, 2.45) is 23.3 Å². The predicted molar refractivity (Wildman–Crippen MR) is 284 cm³/mol. The number of carbonyl (C=O) groups is 3. The summed E-state index contributed by atoms with van der Waals surface area (Å²) >= 11 is 0. The molecule has 6 heterocycles. The minimum absolute atomic E-state index is 0. The van der Waals surface area contributed by atoms with E-state index in [1.165, 1.54) is 4.68 Å². The van der Waals surface area contributed by atoms with Crippen LogP contribution >= 0.6 is 12.4 Å². The van der Waals surface area contributed by atoms with E-state index in [1.54, 1.807) is 22.0 Å². The number of halogens is 1. The van der Waals surface area contributed by atoms with Crippen molar-refractivity contribution in [1.29, 1.82) is 0 Å². The number of nitrogens with zero attached hydrogens (tertiary/aromatic N) is 13. The Morgan fingerprint density at radius 2 is 1.37 bits per heavy atom. The van der Waals surface area contributed by atoms with E-state index in [-0.39, 0.29) is 61.7 Å². The summed E-state index contributed by atoms with van der Waals surface area (Å²) in [7, 11) is 0. The number of aromatic amines is 1. The van der Waals surface area contributed by atoms with Gasteiger partial charge in [0, 0.05) is 83.0 Å². The number of amides is 2. The zero-order valence-corrected chi connectivity index (χ0v) is 44.3. The third kappa shape index (κ3) is 16.0. The van der Waals surface area contributed by atoms with Gasteiger partial charge in [-0.3, -0.25) is 14.4 Å². The number of carboxylic acids is 1. The van der Waals surface area contributed by atoms with Gasteiger partial charge in [0.2, 0.25) is 29.7 Å². The van der Waals surface area contributed by atoms with Crippen LogP contribution in [0.1, 0.15) is 94.6 Å². The Labute approximate surface area is 444 Å². The molecule has 5 atom stereocenters. The second kappa shape index (κ2) is 28.4. The van der Waals surface area contributed by atoms with Crippen molar-refractivity contribution in [3.8, 4) is 12.3 Å². The van der Waals surface area contributed by atoms with E-state index in [4.69, 9.17) is 47.1 Å². The first-order chi connectivity index (χ1) is 35.8. The molecule has 2 unspecified atom stereocenters. The number of rotatable bonds is 28. The number of hydrogen-bond donors (Lipinski definition) is 5. The molecule has 2 amide bonds. The number of H-pyrrole nitrogens is 1. The summed E-state index contributed by atoms with van der Waals surface area (Å²) < 4.78 is 19.7. The monoisotopic (exact) mass is 1060 g/mol. The van der Waals surface area contributed by atoms with Crippen LogP contribution in [-0.4, -0.2) is 181 Å². The average Bonchev–Trinajstić information content (AvgIpc) is 4.20. The molecule has 7 rings (SSSR count). The molecule has 75 heavy (non-hydrogen) atoms. The van der Waals surface area contributed by atoms with Crippen LogP contribution in [0, 0.1) is 24.2 Å². The normalized spacial score (nSPS) is 16.1. The van der Waals surface area contributed by atoms with Gasteiger partial charge in [-0.1, -0.05) is 68.7 Å². The standard InChI is InChI=1S/C50H73N17O7.ClH/c1-6-23-72-25-27-74-28-26-73-24-14-53-48-55-49(64-19-15-62(16-20-64)46(70)42(12-13-44(68)69)66-33-41(59-61-66)45(52)35(5)7-2)57-50(56-48)65-21-17-63(18-22-65)47(71)43(31-37-30-36-10-8-9-11-39(36)54-37)67-32-40(58-60-67)38(51)29-34(3)4;/h1,8-11,30,32-35,38,42-43,45,54H,7,12-29,31,51-52H2,2-5H3,(H,68,69)(H,53,55,56,57);1H/t35-,38?,42+,43+,45?;/m1./s1. The number of fused-ring (bicyclic) bond motifs is 1. The van der Waals surface area contributed by atoms with E-state index in [9.17, 15) is 19.5 Å². The van der Waals surface area contributed by atoms with E-state index in [0.717, 1.165) is 29.4 Å². The first-order valence-electron chi connectivity index (χ1n) is 25.7. The lowest BCUT2D eigenvalue weighted by atomic mass is 9.98. The molecule has 4 aromatic heterocycles. The van der Waals surface area contributed by atoms with Crippen molar-refractivity contribution >= 4 is 58.9 Å². The van der Waals surface area contributed by atoms with Crippen molar-refractivity contribution in [1.82, 2.24) is 59.7 Å². The maximum atomic E-state index is 14.7. The van der Waals surface area contributed by atoms with Gasteiger partial charge in [-0.05, 0) is 42.2 Å². The Bertz CT molecular complexity index is 2590. The quantitative estimate of drug-likeness (QED) is 0.0355. The van der Waals surface area contributed by atoms with Crippen LogP contribution in [0.25, 0.3) is 10.9 Å². The molecule has 2 fully saturated rings. The lowest BCUT2D eigenvalue weighted by molar-refractivity contribution is -0.139. The number of ether oxygens (including phenoxy) is 3. The van der Waals surface area contributed by atoms with Gasteiger partial charge in [0.1, 0.15) is 18.7 Å². The highest BCUT2D eigenvalue weighted by atomic mass is 35.5. The van der Waals surface area contributed by atoms with Gasteiger partial charge in [-0.15, -0.1) is 29.0 Å². The molecule has 24 nitrogen and oxygen atoms in total. The minimum Gasteiger partial charge on any atom is -0.481 e. The smallest absolute Gasteiger partial charge is 0.303 e. The van der Waals surface area contributed by atoms with Crippen LogP contribution in [0.4, 0.5) is 17.8 Å². The number of carboxylic acid groups (broad SMARTS) is 1. The fourth-order valence-corrected chi connectivity index (χ4v) is 8.95. The number of nitrogens with two attached hydrogens (primary N) is 2. The van der Waals surface area contributed by atoms with Crippen molar-refractivity contribution in [3.05, 3.63) is 59.8 Å². The van der Waals surface area contributed by atoms with Gasteiger partial charge in [0.05, 0.1) is 68.9 Å². The van der Waals surface area contributed by atoms with E-state index < -0.39 is 18.1 Å². The number of carbonyl (C=O) groups excluding carboxylic acids is 2. The second-order valence-corrected chi connectivity index (χ2v) is 19.2. The Balaban J connectivity index is 0.00000914. The molecule has 2 aliphatic heterocycles.